The average Bonchev–Trinajstić information content (AvgIpc) is 2.54. The molecule has 0 unspecified atom stereocenters. The van der Waals surface area contributed by atoms with Crippen molar-refractivity contribution in [2.75, 3.05) is 19.6 Å². The molecule has 7 nitrogen and oxygen atoms in total. The van der Waals surface area contributed by atoms with Gasteiger partial charge in [0.25, 0.3) is 0 Å². The number of piperidine rings is 1. The molecule has 1 fully saturated rings. The molecule has 0 bridgehead atoms. The second-order valence-electron chi connectivity index (χ2n) is 6.33. The molecular weight excluding hydrogens is 310 g/mol. The quantitative estimate of drug-likeness (QED) is 0.836. The van der Waals surface area contributed by atoms with Crippen molar-refractivity contribution in [1.29, 1.82) is 0 Å². The normalized spacial score (nSPS) is 20.8. The second kappa shape index (κ2) is 8.63. The summed E-state index contributed by atoms with van der Waals surface area (Å²) in [6.07, 6.45) is 2.95. The number of aliphatic hydroxyl groups excluding tert-OH is 1. The third-order valence-electron chi connectivity index (χ3n) is 4.00. The van der Waals surface area contributed by atoms with E-state index in [1.165, 1.54) is 0 Å². The summed E-state index contributed by atoms with van der Waals surface area (Å²) in [5.41, 5.74) is 0.859. The van der Waals surface area contributed by atoms with Crippen LogP contribution in [0.3, 0.4) is 0 Å². The van der Waals surface area contributed by atoms with Crippen molar-refractivity contribution in [2.24, 2.45) is 5.92 Å². The first-order chi connectivity index (χ1) is 11.5. The number of nitrogens with one attached hydrogen (secondary N) is 1. The summed E-state index contributed by atoms with van der Waals surface area (Å²) >= 11 is 0. The number of amides is 2. The Balaban J connectivity index is 1.77. The maximum absolute atomic E-state index is 12.3. The van der Waals surface area contributed by atoms with Crippen LogP contribution in [-0.4, -0.2) is 58.8 Å². The number of likely N-dealkylation sites (tertiary alicyclic amines) is 1. The number of alkyl carbamates (subject to hydrolysis) is 1. The predicted octanol–water partition coefficient (Wildman–Crippen LogP) is 0.968. The van der Waals surface area contributed by atoms with E-state index in [1.54, 1.807) is 37.2 Å². The van der Waals surface area contributed by atoms with E-state index in [-0.39, 0.29) is 30.9 Å². The molecule has 1 saturated heterocycles. The van der Waals surface area contributed by atoms with Crippen molar-refractivity contribution < 1.29 is 19.4 Å². The smallest absolute Gasteiger partial charge is 0.407 e. The van der Waals surface area contributed by atoms with Crippen molar-refractivity contribution in [1.82, 2.24) is 15.2 Å². The van der Waals surface area contributed by atoms with Crippen LogP contribution in [0, 0.1) is 5.92 Å². The number of nitrogens with zero attached hydrogens (tertiary/aromatic N) is 2. The Kier molecular flexibility index (Phi) is 6.54. The molecule has 1 aromatic rings. The van der Waals surface area contributed by atoms with Gasteiger partial charge in [-0.25, -0.2) is 4.79 Å². The Bertz CT molecular complexity index is 550. The van der Waals surface area contributed by atoms with Crippen molar-refractivity contribution in [2.45, 2.75) is 38.9 Å². The molecule has 0 radical (unpaired) electrons. The fraction of sp³-hybridized carbons (Fsp3) is 0.588. The Labute approximate surface area is 142 Å². The van der Waals surface area contributed by atoms with E-state index >= 15 is 0 Å². The van der Waals surface area contributed by atoms with Gasteiger partial charge in [-0.15, -0.1) is 0 Å². The van der Waals surface area contributed by atoms with Crippen LogP contribution in [0.5, 0.6) is 0 Å². The fourth-order valence-electron chi connectivity index (χ4n) is 2.70. The zero-order valence-corrected chi connectivity index (χ0v) is 14.1. The van der Waals surface area contributed by atoms with Crippen molar-refractivity contribution in [3.63, 3.8) is 0 Å². The minimum Gasteiger partial charge on any atom is -0.447 e. The van der Waals surface area contributed by atoms with Crippen LogP contribution < -0.4 is 5.32 Å². The highest BCUT2D eigenvalue weighted by molar-refractivity contribution is 5.78. The number of carbonyl (C=O) groups excluding carboxylic acids is 2. The van der Waals surface area contributed by atoms with Gasteiger partial charge in [-0.05, 0) is 31.9 Å². The van der Waals surface area contributed by atoms with Crippen molar-refractivity contribution >= 4 is 12.0 Å². The maximum atomic E-state index is 12.3. The van der Waals surface area contributed by atoms with Crippen LogP contribution in [-0.2, 0) is 16.0 Å². The average molecular weight is 335 g/mol. The first-order valence-electron chi connectivity index (χ1n) is 8.25. The van der Waals surface area contributed by atoms with Crippen LogP contribution in [0.2, 0.25) is 0 Å². The van der Waals surface area contributed by atoms with Crippen LogP contribution in [0.1, 0.15) is 25.8 Å². The molecule has 2 N–H and O–H groups in total. The molecule has 0 aromatic carbocycles. The molecule has 132 valence electrons. The van der Waals surface area contributed by atoms with E-state index in [0.717, 1.165) is 5.56 Å². The molecule has 7 heteroatoms. The third-order valence-corrected chi connectivity index (χ3v) is 4.00. The van der Waals surface area contributed by atoms with E-state index in [2.05, 4.69) is 10.3 Å². The molecule has 24 heavy (non-hydrogen) atoms. The molecular formula is C17H25N3O4. The van der Waals surface area contributed by atoms with E-state index in [4.69, 9.17) is 4.74 Å². The molecule has 0 aliphatic carbocycles. The largest absolute Gasteiger partial charge is 0.447 e. The number of ether oxygens (including phenoxy) is 1. The minimum atomic E-state index is -0.657. The molecule has 2 rings (SSSR count). The molecule has 0 spiro atoms. The molecule has 1 aliphatic rings. The Morgan fingerprint density at radius 2 is 2.29 bits per heavy atom. The molecule has 1 aliphatic heterocycles. The Morgan fingerprint density at radius 3 is 2.92 bits per heavy atom. The number of β-amino-alcohol motifs (C(OH)–C–C–N with tert-alkyl or cyclic N) is 1. The standard InChI is InChI=1S/C17H25N3O4/c1-12(2)24-17(23)19-10-14-5-7-20(11-15(14)21)16(22)8-13-4-3-6-18-9-13/h3-4,6,9,12,14-15,21H,5,7-8,10-11H2,1-2H3,(H,19,23)/t14-,15+/m0/s1. The van der Waals surface area contributed by atoms with E-state index < -0.39 is 12.2 Å². The van der Waals surface area contributed by atoms with Crippen molar-refractivity contribution in [3.8, 4) is 0 Å². The molecule has 0 saturated carbocycles. The summed E-state index contributed by atoms with van der Waals surface area (Å²) < 4.78 is 5.00. The highest BCUT2D eigenvalue weighted by atomic mass is 16.6. The number of aliphatic hydroxyl groups is 1. The van der Waals surface area contributed by atoms with Gasteiger partial charge in [-0.1, -0.05) is 6.07 Å². The van der Waals surface area contributed by atoms with Crippen molar-refractivity contribution in [3.05, 3.63) is 30.1 Å². The van der Waals surface area contributed by atoms with Gasteiger partial charge >= 0.3 is 6.09 Å². The maximum Gasteiger partial charge on any atom is 0.407 e. The number of hydrogen-bond acceptors (Lipinski definition) is 5. The lowest BCUT2D eigenvalue weighted by atomic mass is 9.93. The van der Waals surface area contributed by atoms with Crippen LogP contribution in [0.4, 0.5) is 4.79 Å². The summed E-state index contributed by atoms with van der Waals surface area (Å²) in [6, 6.07) is 3.66. The number of carbonyl (C=O) groups is 2. The number of aromatic nitrogens is 1. The zero-order chi connectivity index (χ0) is 17.5. The molecule has 2 atom stereocenters. The molecule has 2 heterocycles. The summed E-state index contributed by atoms with van der Waals surface area (Å²) in [4.78, 5) is 29.5. The van der Waals surface area contributed by atoms with Gasteiger partial charge in [-0.3, -0.25) is 9.78 Å². The van der Waals surface area contributed by atoms with Gasteiger partial charge in [0.1, 0.15) is 0 Å². The monoisotopic (exact) mass is 335 g/mol. The summed E-state index contributed by atoms with van der Waals surface area (Å²) in [5.74, 6) is -0.0974. The van der Waals surface area contributed by atoms with Crippen LogP contribution in [0.25, 0.3) is 0 Å². The number of rotatable bonds is 5. The highest BCUT2D eigenvalue weighted by Gasteiger charge is 2.30. The van der Waals surface area contributed by atoms with Gasteiger partial charge in [0, 0.05) is 37.9 Å². The zero-order valence-electron chi connectivity index (χ0n) is 14.1. The first-order valence-corrected chi connectivity index (χ1v) is 8.25. The number of hydrogen-bond donors (Lipinski definition) is 2. The minimum absolute atomic E-state index is 0.0207. The lowest BCUT2D eigenvalue weighted by Crippen LogP contribution is -2.50. The molecule has 1 aromatic heterocycles. The first kappa shape index (κ1) is 18.2. The van der Waals surface area contributed by atoms with Gasteiger partial charge in [-0.2, -0.15) is 0 Å². The second-order valence-corrected chi connectivity index (χ2v) is 6.33. The summed E-state index contributed by atoms with van der Waals surface area (Å²) in [7, 11) is 0. The summed E-state index contributed by atoms with van der Waals surface area (Å²) in [6.45, 7) is 4.76. The van der Waals surface area contributed by atoms with Gasteiger partial charge in [0.2, 0.25) is 5.91 Å². The number of pyridine rings is 1. The Hall–Kier alpha value is -2.15. The lowest BCUT2D eigenvalue weighted by molar-refractivity contribution is -0.134. The predicted molar refractivity (Wildman–Crippen MR) is 88.3 cm³/mol. The van der Waals surface area contributed by atoms with Gasteiger partial charge < -0.3 is 20.1 Å². The third kappa shape index (κ3) is 5.49. The van der Waals surface area contributed by atoms with E-state index in [0.29, 0.717) is 19.5 Å². The molecule has 2 amide bonds. The van der Waals surface area contributed by atoms with Crippen LogP contribution in [0.15, 0.2) is 24.5 Å². The van der Waals surface area contributed by atoms with Gasteiger partial charge in [0.05, 0.1) is 18.6 Å². The lowest BCUT2D eigenvalue weighted by Gasteiger charge is -2.36. The van der Waals surface area contributed by atoms with E-state index in [9.17, 15) is 14.7 Å². The Morgan fingerprint density at radius 1 is 1.50 bits per heavy atom. The SMILES string of the molecule is CC(C)OC(=O)NC[C@@H]1CCN(C(=O)Cc2cccnc2)C[C@H]1O. The van der Waals surface area contributed by atoms with Gasteiger partial charge in [0.15, 0.2) is 0 Å². The summed E-state index contributed by atoms with van der Waals surface area (Å²) in [5, 5.41) is 12.9. The van der Waals surface area contributed by atoms with Crippen LogP contribution >= 0.6 is 0 Å². The van der Waals surface area contributed by atoms with E-state index in [1.807, 2.05) is 6.07 Å². The highest BCUT2D eigenvalue weighted by Crippen LogP contribution is 2.18. The topological polar surface area (TPSA) is 91.8 Å². The fourth-order valence-corrected chi connectivity index (χ4v) is 2.70.